The zero-order chi connectivity index (χ0) is 46.4. The molecule has 13 aromatic rings. The van der Waals surface area contributed by atoms with Gasteiger partial charge in [0.1, 0.15) is 22.3 Å². The highest BCUT2D eigenvalue weighted by Gasteiger charge is 2.18. The number of benzene rings is 11. The highest BCUT2D eigenvalue weighted by molar-refractivity contribution is 6.10. The minimum absolute atomic E-state index is 0.904. The Morgan fingerprint density at radius 1 is 0.214 bits per heavy atom. The molecule has 0 atom stereocenters. The van der Waals surface area contributed by atoms with E-state index in [1.165, 1.54) is 0 Å². The summed E-state index contributed by atoms with van der Waals surface area (Å²) >= 11 is 0. The summed E-state index contributed by atoms with van der Waals surface area (Å²) in [5, 5.41) is 4.53. The van der Waals surface area contributed by atoms with Crippen LogP contribution in [0.3, 0.4) is 0 Å². The number of para-hydroxylation sites is 6. The number of hydrogen-bond donors (Lipinski definition) is 0. The molecule has 0 aliphatic rings. The number of hydrogen-bond acceptors (Lipinski definition) is 4. The molecule has 13 rings (SSSR count). The molecule has 0 aliphatic heterocycles. The van der Waals surface area contributed by atoms with Gasteiger partial charge in [0.05, 0.1) is 0 Å². The summed E-state index contributed by atoms with van der Waals surface area (Å²) in [6.45, 7) is 0. The third-order valence-corrected chi connectivity index (χ3v) is 13.5. The van der Waals surface area contributed by atoms with E-state index in [1.807, 2.05) is 24.3 Å². The zero-order valence-electron chi connectivity index (χ0n) is 38.1. The largest absolute Gasteiger partial charge is 0.455 e. The molecule has 0 spiro atoms. The second-order valence-corrected chi connectivity index (χ2v) is 17.7. The van der Waals surface area contributed by atoms with Crippen LogP contribution in [0.5, 0.6) is 0 Å². The molecule has 4 heteroatoms. The van der Waals surface area contributed by atoms with E-state index in [9.17, 15) is 0 Å². The van der Waals surface area contributed by atoms with Gasteiger partial charge < -0.3 is 18.6 Å². The van der Waals surface area contributed by atoms with Crippen molar-refractivity contribution in [3.63, 3.8) is 0 Å². The Kier molecular flexibility index (Phi) is 10.1. The maximum absolute atomic E-state index is 6.39. The maximum Gasteiger partial charge on any atom is 0.143 e. The van der Waals surface area contributed by atoms with E-state index in [4.69, 9.17) is 8.83 Å². The molecular weight excluding hydrogens is 853 g/mol. The first kappa shape index (κ1) is 40.9. The van der Waals surface area contributed by atoms with Crippen LogP contribution < -0.4 is 9.80 Å². The molecule has 2 aromatic heterocycles. The quantitative estimate of drug-likeness (QED) is 0.137. The molecule has 0 unspecified atom stereocenters. The Labute approximate surface area is 406 Å². The lowest BCUT2D eigenvalue weighted by Gasteiger charge is -2.26. The smallest absolute Gasteiger partial charge is 0.143 e. The maximum atomic E-state index is 6.39. The van der Waals surface area contributed by atoms with Crippen molar-refractivity contribution in [1.82, 2.24) is 0 Å². The SMILES string of the molecule is c1ccc(N(c2ccc(-c3cccc(-c4ccc(N(c5ccccc5)c5ccc(-c6cccc7c6oc6ccccc67)cc5)cc4)c3)cc2)c2ccc(-c3cccc4c3oc3ccccc34)cc2)cc1. The van der Waals surface area contributed by atoms with Crippen molar-refractivity contribution in [2.24, 2.45) is 0 Å². The van der Waals surface area contributed by atoms with Crippen molar-refractivity contribution in [3.05, 3.63) is 267 Å². The van der Waals surface area contributed by atoms with Crippen LogP contribution in [0.25, 0.3) is 88.4 Å². The van der Waals surface area contributed by atoms with E-state index < -0.39 is 0 Å². The van der Waals surface area contributed by atoms with Gasteiger partial charge in [0, 0.05) is 66.8 Å². The Morgan fingerprint density at radius 2 is 0.529 bits per heavy atom. The summed E-state index contributed by atoms with van der Waals surface area (Å²) in [4.78, 5) is 4.62. The summed E-state index contributed by atoms with van der Waals surface area (Å²) in [5.41, 5.74) is 19.1. The normalized spacial score (nSPS) is 11.4. The first-order valence-corrected chi connectivity index (χ1v) is 23.7. The Morgan fingerprint density at radius 3 is 0.929 bits per heavy atom. The first-order valence-electron chi connectivity index (χ1n) is 23.7. The van der Waals surface area contributed by atoms with Crippen LogP contribution in [0, 0.1) is 0 Å². The van der Waals surface area contributed by atoms with Gasteiger partial charge in [-0.1, -0.05) is 176 Å². The van der Waals surface area contributed by atoms with Crippen molar-refractivity contribution in [2.45, 2.75) is 0 Å². The van der Waals surface area contributed by atoms with Gasteiger partial charge in [-0.25, -0.2) is 0 Å². The van der Waals surface area contributed by atoms with E-state index in [0.717, 1.165) is 123 Å². The van der Waals surface area contributed by atoms with Crippen molar-refractivity contribution in [2.75, 3.05) is 9.80 Å². The van der Waals surface area contributed by atoms with Gasteiger partial charge in [0.2, 0.25) is 0 Å². The van der Waals surface area contributed by atoms with E-state index in [1.54, 1.807) is 0 Å². The van der Waals surface area contributed by atoms with Gasteiger partial charge in [-0.15, -0.1) is 0 Å². The topological polar surface area (TPSA) is 32.8 Å². The summed E-state index contributed by atoms with van der Waals surface area (Å²) < 4.78 is 12.8. The first-order chi connectivity index (χ1) is 34.7. The lowest BCUT2D eigenvalue weighted by atomic mass is 9.98. The summed E-state index contributed by atoms with van der Waals surface area (Å²) in [5.74, 6) is 0. The monoisotopic (exact) mass is 896 g/mol. The molecule has 0 amide bonds. The standard InChI is InChI=1S/C66H44N2O2/c1-3-16-51(17-4-1)67(55-40-32-47(33-41-55)57-22-12-24-61-59-20-7-9-26-63(59)69-65(57)61)53-36-28-45(29-37-53)49-14-11-15-50(44-49)46-30-38-54(39-31-46)68(52-18-5-2-6-19-52)56-42-34-48(35-43-56)58-23-13-25-62-60-21-8-10-27-64(60)70-66(58)62/h1-44H. The molecule has 11 aromatic carbocycles. The molecule has 0 radical (unpaired) electrons. The van der Waals surface area contributed by atoms with Crippen LogP contribution >= 0.6 is 0 Å². The minimum Gasteiger partial charge on any atom is -0.455 e. The lowest BCUT2D eigenvalue weighted by Crippen LogP contribution is -2.09. The average Bonchev–Trinajstić information content (AvgIpc) is 4.02. The van der Waals surface area contributed by atoms with Crippen LogP contribution in [0.15, 0.2) is 276 Å². The molecule has 0 bridgehead atoms. The van der Waals surface area contributed by atoms with Gasteiger partial charge in [-0.3, -0.25) is 0 Å². The molecule has 70 heavy (non-hydrogen) atoms. The third-order valence-electron chi connectivity index (χ3n) is 13.5. The third kappa shape index (κ3) is 7.36. The fourth-order valence-electron chi connectivity index (χ4n) is 10.1. The van der Waals surface area contributed by atoms with Crippen LogP contribution in [-0.2, 0) is 0 Å². The molecule has 4 nitrogen and oxygen atoms in total. The molecule has 330 valence electrons. The second kappa shape index (κ2) is 17.4. The zero-order valence-corrected chi connectivity index (χ0v) is 38.1. The highest BCUT2D eigenvalue weighted by atomic mass is 16.3. The molecule has 0 aliphatic carbocycles. The van der Waals surface area contributed by atoms with Crippen molar-refractivity contribution in [1.29, 1.82) is 0 Å². The van der Waals surface area contributed by atoms with E-state index in [0.29, 0.717) is 0 Å². The number of rotatable bonds is 10. The van der Waals surface area contributed by atoms with Crippen LogP contribution in [0.1, 0.15) is 0 Å². The van der Waals surface area contributed by atoms with Gasteiger partial charge in [0.25, 0.3) is 0 Å². The van der Waals surface area contributed by atoms with Crippen molar-refractivity contribution >= 4 is 78.0 Å². The Bertz CT molecular complexity index is 3710. The highest BCUT2D eigenvalue weighted by Crippen LogP contribution is 2.42. The molecule has 0 saturated carbocycles. The number of furan rings is 2. The summed E-state index contributed by atoms with van der Waals surface area (Å²) in [7, 11) is 0. The number of fused-ring (bicyclic) bond motifs is 6. The van der Waals surface area contributed by atoms with Crippen LogP contribution in [0.4, 0.5) is 34.1 Å². The molecular formula is C66H44N2O2. The van der Waals surface area contributed by atoms with Crippen LogP contribution in [-0.4, -0.2) is 0 Å². The fourth-order valence-corrected chi connectivity index (χ4v) is 10.1. The predicted octanol–water partition coefficient (Wildman–Crippen LogP) is 19.1. The molecule has 0 fully saturated rings. The van der Waals surface area contributed by atoms with Gasteiger partial charge in [0.15, 0.2) is 0 Å². The number of nitrogens with zero attached hydrogens (tertiary/aromatic N) is 2. The van der Waals surface area contributed by atoms with E-state index in [-0.39, 0.29) is 0 Å². The van der Waals surface area contributed by atoms with E-state index >= 15 is 0 Å². The van der Waals surface area contributed by atoms with E-state index in [2.05, 4.69) is 252 Å². The molecule has 0 N–H and O–H groups in total. The summed E-state index contributed by atoms with van der Waals surface area (Å²) in [6.07, 6.45) is 0. The average molecular weight is 897 g/mol. The van der Waals surface area contributed by atoms with Gasteiger partial charge in [-0.05, 0) is 124 Å². The second-order valence-electron chi connectivity index (χ2n) is 17.7. The predicted molar refractivity (Wildman–Crippen MR) is 292 cm³/mol. The minimum atomic E-state index is 0.904. The van der Waals surface area contributed by atoms with Crippen molar-refractivity contribution < 1.29 is 8.83 Å². The Balaban J connectivity index is 0.772. The van der Waals surface area contributed by atoms with Gasteiger partial charge in [-0.2, -0.15) is 0 Å². The van der Waals surface area contributed by atoms with Crippen LogP contribution in [0.2, 0.25) is 0 Å². The Hall–Kier alpha value is -9.38. The summed E-state index contributed by atoms with van der Waals surface area (Å²) in [6, 6.07) is 94.6. The molecule has 2 heterocycles. The number of anilines is 6. The van der Waals surface area contributed by atoms with Crippen molar-refractivity contribution in [3.8, 4) is 44.5 Å². The van der Waals surface area contributed by atoms with Gasteiger partial charge >= 0.3 is 0 Å². The molecule has 0 saturated heterocycles. The lowest BCUT2D eigenvalue weighted by molar-refractivity contribution is 0.669. The fraction of sp³-hybridized carbons (Fsp3) is 0.